The number of hydrogen-bond acceptors (Lipinski definition) is 8. The van der Waals surface area contributed by atoms with Gasteiger partial charge in [-0.25, -0.2) is 0 Å². The zero-order chi connectivity index (χ0) is 37.8. The Kier molecular flexibility index (Phi) is 11.5. The number of carbonyl (C=O) groups excluding carboxylic acids is 3. The SMILES string of the molecule is CC(C)Oc1cc2nn(C3CCCCC3)cc2cc1C(=O)Nc1cccn(C2CC2)c1=O.CN1CCC(c2ccc(OC3CCC(=O)NC3=O)cc2)CC1. The molecule has 4 aromatic rings. The van der Waals surface area contributed by atoms with E-state index in [0.717, 1.165) is 49.7 Å². The van der Waals surface area contributed by atoms with Gasteiger partial charge in [-0.1, -0.05) is 31.4 Å². The predicted octanol–water partition coefficient (Wildman–Crippen LogP) is 6.76. The van der Waals surface area contributed by atoms with Crippen LogP contribution in [0.2, 0.25) is 0 Å². The lowest BCUT2D eigenvalue weighted by atomic mass is 9.90. The van der Waals surface area contributed by atoms with Gasteiger partial charge in [0.15, 0.2) is 6.10 Å². The Labute approximate surface area is 316 Å². The maximum absolute atomic E-state index is 13.3. The molecule has 12 nitrogen and oxygen atoms in total. The number of anilines is 1. The number of nitrogens with one attached hydrogen (secondary N) is 2. The molecule has 8 rings (SSSR count). The second kappa shape index (κ2) is 16.6. The third-order valence-electron chi connectivity index (χ3n) is 10.9. The zero-order valence-electron chi connectivity index (χ0n) is 31.6. The highest BCUT2D eigenvalue weighted by molar-refractivity contribution is 6.08. The van der Waals surface area contributed by atoms with Gasteiger partial charge in [0.25, 0.3) is 17.4 Å². The number of aromatic nitrogens is 3. The topological polar surface area (TPSA) is 137 Å². The standard InChI is InChI=1S/C25H30N4O3.C17H22N2O3/c1-16(2)32-23-14-22-17(15-29(27-22)19-7-4-3-5-8-19)13-20(23)24(30)26-21-9-6-12-28(25(21)31)18-10-11-18;1-19-10-8-13(9-11-19)12-2-4-14(5-3-12)22-15-6-7-16(20)18-17(15)21/h6,9,12-16,18-19H,3-5,7-8,10-11H2,1-2H3,(H,26,30);2-5,13,15H,6-11H2,1H3,(H,18,20,21). The lowest BCUT2D eigenvalue weighted by Gasteiger charge is -2.29. The van der Waals surface area contributed by atoms with Crippen LogP contribution in [0.25, 0.3) is 10.9 Å². The molecule has 286 valence electrons. The first-order valence-corrected chi connectivity index (χ1v) is 19.6. The minimum absolute atomic E-state index is 0.0942. The summed E-state index contributed by atoms with van der Waals surface area (Å²) < 4.78 is 15.4. The van der Waals surface area contributed by atoms with Crippen molar-refractivity contribution in [1.29, 1.82) is 0 Å². The number of fused-ring (bicyclic) bond motifs is 1. The van der Waals surface area contributed by atoms with E-state index >= 15 is 0 Å². The Bertz CT molecular complexity index is 2020. The van der Waals surface area contributed by atoms with Crippen LogP contribution in [0.4, 0.5) is 5.69 Å². The van der Waals surface area contributed by atoms with Crippen LogP contribution in [-0.2, 0) is 9.59 Å². The van der Waals surface area contributed by atoms with Crippen LogP contribution in [-0.4, -0.2) is 69.3 Å². The Morgan fingerprint density at radius 2 is 1.65 bits per heavy atom. The second-order valence-corrected chi connectivity index (χ2v) is 15.5. The predicted molar refractivity (Wildman–Crippen MR) is 207 cm³/mol. The van der Waals surface area contributed by atoms with Crippen molar-refractivity contribution in [2.45, 2.75) is 115 Å². The lowest BCUT2D eigenvalue weighted by Crippen LogP contribution is -2.46. The number of rotatable bonds is 9. The summed E-state index contributed by atoms with van der Waals surface area (Å²) in [6.07, 6.45) is 14.3. The highest BCUT2D eigenvalue weighted by atomic mass is 16.5. The molecule has 2 aliphatic heterocycles. The van der Waals surface area contributed by atoms with Gasteiger partial charge in [0.1, 0.15) is 17.2 Å². The average Bonchev–Trinajstić information content (AvgIpc) is 3.93. The molecule has 12 heteroatoms. The van der Waals surface area contributed by atoms with Crippen LogP contribution in [0.3, 0.4) is 0 Å². The van der Waals surface area contributed by atoms with Crippen LogP contribution >= 0.6 is 0 Å². The molecule has 1 unspecified atom stereocenters. The van der Waals surface area contributed by atoms with Crippen molar-refractivity contribution >= 4 is 34.3 Å². The summed E-state index contributed by atoms with van der Waals surface area (Å²) in [7, 11) is 2.16. The lowest BCUT2D eigenvalue weighted by molar-refractivity contribution is -0.138. The molecular formula is C42H52N6O6. The molecule has 0 bridgehead atoms. The van der Waals surface area contributed by atoms with Gasteiger partial charge in [-0.05, 0) is 114 Å². The van der Waals surface area contributed by atoms with Crippen LogP contribution in [0.5, 0.6) is 11.5 Å². The van der Waals surface area contributed by atoms with E-state index < -0.39 is 6.10 Å². The van der Waals surface area contributed by atoms with Crippen LogP contribution in [0, 0.1) is 0 Å². The first kappa shape index (κ1) is 37.3. The fourth-order valence-electron chi connectivity index (χ4n) is 7.68. The Morgan fingerprint density at radius 1 is 0.907 bits per heavy atom. The van der Waals surface area contributed by atoms with Crippen LogP contribution in [0.1, 0.15) is 118 Å². The molecule has 3 amide bonds. The fourth-order valence-corrected chi connectivity index (χ4v) is 7.68. The minimum atomic E-state index is -0.563. The number of imide groups is 1. The van der Waals surface area contributed by atoms with Crippen molar-refractivity contribution in [3.63, 3.8) is 0 Å². The molecule has 2 aromatic heterocycles. The second-order valence-electron chi connectivity index (χ2n) is 15.5. The average molecular weight is 737 g/mol. The van der Waals surface area contributed by atoms with E-state index in [0.29, 0.717) is 41.9 Å². The van der Waals surface area contributed by atoms with Gasteiger partial charge < -0.3 is 24.3 Å². The van der Waals surface area contributed by atoms with E-state index in [2.05, 4.69) is 39.4 Å². The Balaban J connectivity index is 0.000000179. The Hall–Kier alpha value is -4.97. The van der Waals surface area contributed by atoms with Gasteiger partial charge in [-0.2, -0.15) is 5.10 Å². The number of carbonyl (C=O) groups is 3. The number of ether oxygens (including phenoxy) is 2. The third-order valence-corrected chi connectivity index (χ3v) is 10.9. The molecule has 4 heterocycles. The number of nitrogens with zero attached hydrogens (tertiary/aromatic N) is 4. The molecule has 2 saturated heterocycles. The highest BCUT2D eigenvalue weighted by Crippen LogP contribution is 2.34. The first-order valence-electron chi connectivity index (χ1n) is 19.6. The molecule has 4 aliphatic rings. The summed E-state index contributed by atoms with van der Waals surface area (Å²) >= 11 is 0. The van der Waals surface area contributed by atoms with Gasteiger partial charge in [0.05, 0.1) is 23.2 Å². The van der Waals surface area contributed by atoms with E-state index in [1.54, 1.807) is 22.9 Å². The summed E-state index contributed by atoms with van der Waals surface area (Å²) in [5.74, 6) is 0.876. The molecule has 54 heavy (non-hydrogen) atoms. The third kappa shape index (κ3) is 9.03. The van der Waals surface area contributed by atoms with Gasteiger partial charge in [-0.3, -0.25) is 29.2 Å². The molecule has 1 atom stereocenters. The van der Waals surface area contributed by atoms with E-state index in [9.17, 15) is 19.2 Å². The number of benzene rings is 2. The minimum Gasteiger partial charge on any atom is -0.490 e. The van der Waals surface area contributed by atoms with Crippen molar-refractivity contribution < 1.29 is 23.9 Å². The summed E-state index contributed by atoms with van der Waals surface area (Å²) in [5.41, 5.74) is 2.69. The van der Waals surface area contributed by atoms with Gasteiger partial charge in [0, 0.05) is 42.7 Å². The normalized spacial score (nSPS) is 20.0. The summed E-state index contributed by atoms with van der Waals surface area (Å²) in [5, 5.41) is 10.8. The number of piperidine rings is 2. The maximum atomic E-state index is 13.3. The van der Waals surface area contributed by atoms with E-state index in [4.69, 9.17) is 14.6 Å². The molecular weight excluding hydrogens is 684 g/mol. The van der Waals surface area contributed by atoms with Crippen LogP contribution in [0.15, 0.2) is 65.7 Å². The number of likely N-dealkylation sites (tertiary alicyclic amines) is 1. The molecule has 2 N–H and O–H groups in total. The maximum Gasteiger partial charge on any atom is 0.274 e. The van der Waals surface area contributed by atoms with E-state index in [-0.39, 0.29) is 41.1 Å². The largest absolute Gasteiger partial charge is 0.490 e. The first-order chi connectivity index (χ1) is 26.1. The molecule has 2 aromatic carbocycles. The van der Waals surface area contributed by atoms with Gasteiger partial charge in [0.2, 0.25) is 5.91 Å². The van der Waals surface area contributed by atoms with Crippen molar-refractivity contribution in [1.82, 2.24) is 24.6 Å². The fraction of sp³-hybridized carbons (Fsp3) is 0.500. The quantitative estimate of drug-likeness (QED) is 0.180. The van der Waals surface area contributed by atoms with E-state index in [1.165, 1.54) is 37.7 Å². The van der Waals surface area contributed by atoms with E-state index in [1.807, 2.05) is 44.3 Å². The van der Waals surface area contributed by atoms with Gasteiger partial charge in [-0.15, -0.1) is 0 Å². The summed E-state index contributed by atoms with van der Waals surface area (Å²) in [6.45, 7) is 6.13. The molecule has 0 spiro atoms. The Morgan fingerprint density at radius 3 is 2.33 bits per heavy atom. The van der Waals surface area contributed by atoms with Gasteiger partial charge >= 0.3 is 0 Å². The van der Waals surface area contributed by atoms with Crippen molar-refractivity contribution in [3.05, 3.63) is 82.4 Å². The highest BCUT2D eigenvalue weighted by Gasteiger charge is 2.29. The molecule has 0 radical (unpaired) electrons. The summed E-state index contributed by atoms with van der Waals surface area (Å²) in [6, 6.07) is 15.8. The molecule has 2 saturated carbocycles. The number of hydrogen-bond donors (Lipinski definition) is 2. The van der Waals surface area contributed by atoms with Crippen LogP contribution < -0.4 is 25.7 Å². The summed E-state index contributed by atoms with van der Waals surface area (Å²) in [4.78, 5) is 51.2. The molecule has 4 fully saturated rings. The zero-order valence-corrected chi connectivity index (χ0v) is 31.6. The van der Waals surface area contributed by atoms with Crippen molar-refractivity contribution in [2.75, 3.05) is 25.5 Å². The smallest absolute Gasteiger partial charge is 0.274 e. The molecule has 2 aliphatic carbocycles. The number of amides is 3. The number of pyridine rings is 1. The monoisotopic (exact) mass is 736 g/mol. The van der Waals surface area contributed by atoms with Crippen molar-refractivity contribution in [2.24, 2.45) is 0 Å². The van der Waals surface area contributed by atoms with Crippen molar-refractivity contribution in [3.8, 4) is 11.5 Å².